The second-order valence-corrected chi connectivity index (χ2v) is 4.67. The SMILES string of the molecule is O=C(O)C(F)(F)F.O=C(O)C1(OC2CCNCC2)CC1. The van der Waals surface area contributed by atoms with E-state index in [1.165, 1.54) is 0 Å². The van der Waals surface area contributed by atoms with E-state index in [-0.39, 0.29) is 6.10 Å². The van der Waals surface area contributed by atoms with E-state index in [1.54, 1.807) is 0 Å². The Morgan fingerprint density at radius 1 is 1.15 bits per heavy atom. The lowest BCUT2D eigenvalue weighted by Crippen LogP contribution is -2.38. The summed E-state index contributed by atoms with van der Waals surface area (Å²) in [6, 6.07) is 0. The maximum Gasteiger partial charge on any atom is 0.490 e. The minimum atomic E-state index is -5.08. The molecule has 0 aromatic heterocycles. The lowest BCUT2D eigenvalue weighted by molar-refractivity contribution is -0.192. The predicted molar refractivity (Wildman–Crippen MR) is 60.3 cm³/mol. The van der Waals surface area contributed by atoms with Gasteiger partial charge in [0.05, 0.1) is 6.10 Å². The van der Waals surface area contributed by atoms with Crippen LogP contribution in [0.15, 0.2) is 0 Å². The van der Waals surface area contributed by atoms with Crippen LogP contribution < -0.4 is 5.32 Å². The van der Waals surface area contributed by atoms with Crippen LogP contribution in [0.25, 0.3) is 0 Å². The largest absolute Gasteiger partial charge is 0.490 e. The highest BCUT2D eigenvalue weighted by molar-refractivity contribution is 5.80. The smallest absolute Gasteiger partial charge is 0.479 e. The highest BCUT2D eigenvalue weighted by Gasteiger charge is 2.53. The minimum absolute atomic E-state index is 0.153. The van der Waals surface area contributed by atoms with Gasteiger partial charge in [0.1, 0.15) is 0 Å². The third-order valence-electron chi connectivity index (χ3n) is 3.01. The maximum absolute atomic E-state index is 10.8. The van der Waals surface area contributed by atoms with Crippen LogP contribution in [0, 0.1) is 0 Å². The van der Waals surface area contributed by atoms with E-state index in [9.17, 15) is 18.0 Å². The fraction of sp³-hybridized carbons (Fsp3) is 0.818. The summed E-state index contributed by atoms with van der Waals surface area (Å²) in [4.78, 5) is 19.7. The summed E-state index contributed by atoms with van der Waals surface area (Å²) in [5, 5.41) is 19.2. The number of rotatable bonds is 3. The van der Waals surface area contributed by atoms with Crippen LogP contribution in [0.5, 0.6) is 0 Å². The van der Waals surface area contributed by atoms with Crippen molar-refractivity contribution in [3.8, 4) is 0 Å². The van der Waals surface area contributed by atoms with Crippen molar-refractivity contribution in [1.29, 1.82) is 0 Å². The fourth-order valence-corrected chi connectivity index (χ4v) is 1.73. The second-order valence-electron chi connectivity index (χ2n) is 4.67. The second kappa shape index (κ2) is 6.40. The maximum atomic E-state index is 10.8. The molecule has 0 radical (unpaired) electrons. The van der Waals surface area contributed by atoms with Crippen molar-refractivity contribution in [3.63, 3.8) is 0 Å². The minimum Gasteiger partial charge on any atom is -0.479 e. The van der Waals surface area contributed by atoms with Crippen molar-refractivity contribution in [1.82, 2.24) is 5.32 Å². The van der Waals surface area contributed by atoms with Crippen LogP contribution in [0.2, 0.25) is 0 Å². The van der Waals surface area contributed by atoms with Gasteiger partial charge in [0, 0.05) is 0 Å². The molecule has 2 aliphatic rings. The van der Waals surface area contributed by atoms with Crippen LogP contribution in [-0.2, 0) is 14.3 Å². The average molecular weight is 299 g/mol. The summed E-state index contributed by atoms with van der Waals surface area (Å²) in [5.41, 5.74) is -0.804. The number of halogens is 3. The number of carboxylic acids is 2. The normalized spacial score (nSPS) is 21.6. The third kappa shape index (κ3) is 4.97. The molecule has 1 saturated carbocycles. The molecular formula is C11H16F3NO5. The van der Waals surface area contributed by atoms with Gasteiger partial charge in [0.15, 0.2) is 5.60 Å². The Kier molecular flexibility index (Phi) is 5.35. The summed E-state index contributed by atoms with van der Waals surface area (Å²) in [5.74, 6) is -3.54. The highest BCUT2D eigenvalue weighted by Crippen LogP contribution is 2.41. The van der Waals surface area contributed by atoms with Gasteiger partial charge < -0.3 is 20.3 Å². The Morgan fingerprint density at radius 2 is 1.60 bits per heavy atom. The molecule has 3 N–H and O–H groups in total. The molecular weight excluding hydrogens is 283 g/mol. The molecule has 0 spiro atoms. The molecule has 116 valence electrons. The lowest BCUT2D eigenvalue weighted by Gasteiger charge is -2.26. The molecule has 0 aromatic rings. The van der Waals surface area contributed by atoms with E-state index in [0.717, 1.165) is 25.9 Å². The Bertz CT molecular complexity index is 362. The number of hydrogen-bond donors (Lipinski definition) is 3. The molecule has 0 aromatic carbocycles. The third-order valence-corrected chi connectivity index (χ3v) is 3.01. The Morgan fingerprint density at radius 3 is 1.90 bits per heavy atom. The van der Waals surface area contributed by atoms with E-state index in [1.807, 2.05) is 0 Å². The summed E-state index contributed by atoms with van der Waals surface area (Å²) in [6.45, 7) is 1.89. The van der Waals surface area contributed by atoms with Crippen molar-refractivity contribution >= 4 is 11.9 Å². The molecule has 1 heterocycles. The zero-order chi connectivity index (χ0) is 15.4. The molecule has 0 unspecified atom stereocenters. The number of aliphatic carboxylic acids is 2. The molecule has 20 heavy (non-hydrogen) atoms. The molecule has 2 fully saturated rings. The molecule has 1 saturated heterocycles. The molecule has 9 heteroatoms. The highest BCUT2D eigenvalue weighted by atomic mass is 19.4. The summed E-state index contributed by atoms with van der Waals surface area (Å²) in [6.07, 6.45) is -1.68. The Balaban J connectivity index is 0.000000246. The number of piperidine rings is 1. The van der Waals surface area contributed by atoms with Gasteiger partial charge in [-0.3, -0.25) is 0 Å². The average Bonchev–Trinajstić information content (AvgIpc) is 3.11. The molecule has 2 rings (SSSR count). The van der Waals surface area contributed by atoms with E-state index in [2.05, 4.69) is 5.32 Å². The first-order valence-corrected chi connectivity index (χ1v) is 6.09. The number of carboxylic acid groups (broad SMARTS) is 2. The zero-order valence-corrected chi connectivity index (χ0v) is 10.6. The van der Waals surface area contributed by atoms with Gasteiger partial charge in [-0.05, 0) is 38.8 Å². The van der Waals surface area contributed by atoms with Gasteiger partial charge in [-0.1, -0.05) is 0 Å². The molecule has 1 aliphatic heterocycles. The molecule has 0 atom stereocenters. The lowest BCUT2D eigenvalue weighted by atomic mass is 10.1. The van der Waals surface area contributed by atoms with Gasteiger partial charge in [-0.15, -0.1) is 0 Å². The molecule has 0 amide bonds. The van der Waals surface area contributed by atoms with Crippen molar-refractivity contribution in [2.75, 3.05) is 13.1 Å². The zero-order valence-electron chi connectivity index (χ0n) is 10.6. The number of ether oxygens (including phenoxy) is 1. The number of alkyl halides is 3. The van der Waals surface area contributed by atoms with Gasteiger partial charge in [0.25, 0.3) is 0 Å². The van der Waals surface area contributed by atoms with Crippen LogP contribution >= 0.6 is 0 Å². The summed E-state index contributed by atoms with van der Waals surface area (Å²) >= 11 is 0. The van der Waals surface area contributed by atoms with E-state index < -0.39 is 23.7 Å². The van der Waals surface area contributed by atoms with E-state index in [0.29, 0.717) is 12.8 Å². The van der Waals surface area contributed by atoms with E-state index in [4.69, 9.17) is 19.7 Å². The van der Waals surface area contributed by atoms with Gasteiger partial charge in [0.2, 0.25) is 0 Å². The molecule has 1 aliphatic carbocycles. The topological polar surface area (TPSA) is 95.9 Å². The monoisotopic (exact) mass is 299 g/mol. The van der Waals surface area contributed by atoms with Crippen molar-refractivity contribution < 1.29 is 37.7 Å². The van der Waals surface area contributed by atoms with E-state index >= 15 is 0 Å². The van der Waals surface area contributed by atoms with Crippen molar-refractivity contribution in [3.05, 3.63) is 0 Å². The van der Waals surface area contributed by atoms with Gasteiger partial charge in [-0.25, -0.2) is 9.59 Å². The standard InChI is InChI=1S/C9H15NO3.C2HF3O2/c11-8(12)9(3-4-9)13-7-1-5-10-6-2-7;3-2(4,5)1(6)7/h7,10H,1-6H2,(H,11,12);(H,6,7). The van der Waals surface area contributed by atoms with Crippen molar-refractivity contribution in [2.45, 2.75) is 43.6 Å². The Labute approximate surface area is 112 Å². The van der Waals surface area contributed by atoms with Gasteiger partial charge in [-0.2, -0.15) is 13.2 Å². The molecule has 0 bridgehead atoms. The van der Waals surface area contributed by atoms with Crippen LogP contribution in [0.3, 0.4) is 0 Å². The first-order chi connectivity index (χ1) is 9.17. The van der Waals surface area contributed by atoms with Crippen LogP contribution in [0.1, 0.15) is 25.7 Å². The first kappa shape index (κ1) is 16.7. The number of nitrogens with one attached hydrogen (secondary N) is 1. The number of carbonyl (C=O) groups is 2. The van der Waals surface area contributed by atoms with Crippen LogP contribution in [0.4, 0.5) is 13.2 Å². The quantitative estimate of drug-likeness (QED) is 0.719. The first-order valence-electron chi connectivity index (χ1n) is 6.09. The van der Waals surface area contributed by atoms with Crippen LogP contribution in [-0.4, -0.2) is 53.1 Å². The fourth-order valence-electron chi connectivity index (χ4n) is 1.73. The molecule has 6 nitrogen and oxygen atoms in total. The Hall–Kier alpha value is -1.35. The summed E-state index contributed by atoms with van der Waals surface area (Å²) < 4.78 is 37.3. The summed E-state index contributed by atoms with van der Waals surface area (Å²) in [7, 11) is 0. The van der Waals surface area contributed by atoms with Crippen molar-refractivity contribution in [2.24, 2.45) is 0 Å². The predicted octanol–water partition coefficient (Wildman–Crippen LogP) is 1.01. The number of hydrogen-bond acceptors (Lipinski definition) is 4. The van der Waals surface area contributed by atoms with Gasteiger partial charge >= 0.3 is 18.1 Å².